The zero-order valence-corrected chi connectivity index (χ0v) is 12.5. The first-order valence-electron chi connectivity index (χ1n) is 5.14. The lowest BCUT2D eigenvalue weighted by Crippen LogP contribution is -2.05. The second kappa shape index (κ2) is 5.66. The van der Waals surface area contributed by atoms with E-state index in [1.54, 1.807) is 5.38 Å². The second-order valence-electron chi connectivity index (χ2n) is 3.50. The van der Waals surface area contributed by atoms with E-state index in [2.05, 4.69) is 25.7 Å². The van der Waals surface area contributed by atoms with Gasteiger partial charge in [0.15, 0.2) is 0 Å². The molecule has 100 valence electrons. The summed E-state index contributed by atoms with van der Waals surface area (Å²) in [6.45, 7) is 0. The fourth-order valence-electron chi connectivity index (χ4n) is 1.53. The Kier molecular flexibility index (Phi) is 4.16. The Balaban J connectivity index is 2.56. The standard InChI is InChI=1S/C12H9BrFNO3S/c1-17-9-4-6(11-15-10(13)5-19-11)8(14)3-7(9)12(16)18-2/h3-5H,1-2H3. The minimum absolute atomic E-state index is 0.0434. The highest BCUT2D eigenvalue weighted by atomic mass is 79.9. The molecule has 0 aliphatic heterocycles. The molecule has 0 aliphatic rings. The number of aromatic nitrogens is 1. The zero-order valence-electron chi connectivity index (χ0n) is 10.1. The van der Waals surface area contributed by atoms with E-state index in [4.69, 9.17) is 4.74 Å². The molecule has 1 aromatic heterocycles. The van der Waals surface area contributed by atoms with E-state index >= 15 is 0 Å². The molecule has 0 spiro atoms. The van der Waals surface area contributed by atoms with Gasteiger partial charge in [-0.3, -0.25) is 0 Å². The number of carbonyl (C=O) groups is 1. The van der Waals surface area contributed by atoms with Gasteiger partial charge in [-0.15, -0.1) is 11.3 Å². The van der Waals surface area contributed by atoms with Gasteiger partial charge in [-0.1, -0.05) is 0 Å². The van der Waals surface area contributed by atoms with Crippen LogP contribution in [0, 0.1) is 5.82 Å². The molecule has 0 radical (unpaired) electrons. The van der Waals surface area contributed by atoms with E-state index in [1.165, 1.54) is 31.6 Å². The van der Waals surface area contributed by atoms with Crippen LogP contribution in [-0.4, -0.2) is 25.2 Å². The van der Waals surface area contributed by atoms with Gasteiger partial charge in [0.2, 0.25) is 0 Å². The van der Waals surface area contributed by atoms with Crippen LogP contribution in [0.15, 0.2) is 22.1 Å². The van der Waals surface area contributed by atoms with Crippen molar-refractivity contribution in [1.82, 2.24) is 4.98 Å². The van der Waals surface area contributed by atoms with Crippen LogP contribution in [0.3, 0.4) is 0 Å². The molecule has 2 rings (SSSR count). The summed E-state index contributed by atoms with van der Waals surface area (Å²) in [6.07, 6.45) is 0. The summed E-state index contributed by atoms with van der Waals surface area (Å²) >= 11 is 4.50. The average molecular weight is 346 g/mol. The fourth-order valence-corrected chi connectivity index (χ4v) is 2.80. The maximum atomic E-state index is 14.0. The third kappa shape index (κ3) is 2.76. The molecule has 0 aliphatic carbocycles. The third-order valence-electron chi connectivity index (χ3n) is 2.40. The number of hydrogen-bond acceptors (Lipinski definition) is 5. The topological polar surface area (TPSA) is 48.4 Å². The number of carbonyl (C=O) groups excluding carboxylic acids is 1. The number of halogens is 2. The van der Waals surface area contributed by atoms with Crippen molar-refractivity contribution in [2.45, 2.75) is 0 Å². The Hall–Kier alpha value is -1.47. The highest BCUT2D eigenvalue weighted by molar-refractivity contribution is 9.10. The highest BCUT2D eigenvalue weighted by Gasteiger charge is 2.19. The number of ether oxygens (including phenoxy) is 2. The Bertz CT molecular complexity index is 629. The van der Waals surface area contributed by atoms with Gasteiger partial charge in [0, 0.05) is 10.9 Å². The van der Waals surface area contributed by atoms with Crippen LogP contribution in [0.1, 0.15) is 10.4 Å². The van der Waals surface area contributed by atoms with Crippen LogP contribution in [0.25, 0.3) is 10.6 Å². The van der Waals surface area contributed by atoms with E-state index in [0.717, 1.165) is 6.07 Å². The van der Waals surface area contributed by atoms with Crippen LogP contribution in [0.2, 0.25) is 0 Å². The van der Waals surface area contributed by atoms with Crippen LogP contribution >= 0.6 is 27.3 Å². The zero-order chi connectivity index (χ0) is 14.0. The molecule has 0 N–H and O–H groups in total. The van der Waals surface area contributed by atoms with Crippen molar-refractivity contribution < 1.29 is 18.7 Å². The Morgan fingerprint density at radius 1 is 1.42 bits per heavy atom. The fraction of sp³-hybridized carbons (Fsp3) is 0.167. The molecule has 0 saturated carbocycles. The lowest BCUT2D eigenvalue weighted by atomic mass is 10.1. The van der Waals surface area contributed by atoms with E-state index in [-0.39, 0.29) is 16.9 Å². The van der Waals surface area contributed by atoms with E-state index < -0.39 is 11.8 Å². The molecule has 0 fully saturated rings. The molecule has 1 aromatic carbocycles. The quantitative estimate of drug-likeness (QED) is 0.798. The van der Waals surface area contributed by atoms with Crippen molar-refractivity contribution in [1.29, 1.82) is 0 Å². The molecular weight excluding hydrogens is 337 g/mol. The van der Waals surface area contributed by atoms with Crippen LogP contribution in [0.5, 0.6) is 5.75 Å². The summed E-state index contributed by atoms with van der Waals surface area (Å²) < 4.78 is 24.3. The van der Waals surface area contributed by atoms with Crippen molar-refractivity contribution in [3.05, 3.63) is 33.5 Å². The van der Waals surface area contributed by atoms with Crippen molar-refractivity contribution in [2.75, 3.05) is 14.2 Å². The maximum absolute atomic E-state index is 14.0. The summed E-state index contributed by atoms with van der Waals surface area (Å²) in [4.78, 5) is 15.6. The van der Waals surface area contributed by atoms with Gasteiger partial charge < -0.3 is 9.47 Å². The van der Waals surface area contributed by atoms with E-state index in [0.29, 0.717) is 9.61 Å². The monoisotopic (exact) mass is 345 g/mol. The first-order chi connectivity index (χ1) is 9.06. The first kappa shape index (κ1) is 14.0. The van der Waals surface area contributed by atoms with Gasteiger partial charge >= 0.3 is 5.97 Å². The molecular formula is C12H9BrFNO3S. The normalized spacial score (nSPS) is 10.3. The van der Waals surface area contributed by atoms with Crippen molar-refractivity contribution in [3.8, 4) is 16.3 Å². The summed E-state index contributed by atoms with van der Waals surface area (Å²) in [5.41, 5.74) is 0.321. The predicted octanol–water partition coefficient (Wildman–Crippen LogP) is 3.51. The average Bonchev–Trinajstić information content (AvgIpc) is 2.84. The summed E-state index contributed by atoms with van der Waals surface area (Å²) in [7, 11) is 2.63. The van der Waals surface area contributed by atoms with E-state index in [9.17, 15) is 9.18 Å². The van der Waals surface area contributed by atoms with Gasteiger partial charge in [0.1, 0.15) is 26.7 Å². The SMILES string of the molecule is COC(=O)c1cc(F)c(-c2nc(Br)cs2)cc1OC. The minimum Gasteiger partial charge on any atom is -0.496 e. The largest absolute Gasteiger partial charge is 0.496 e. The number of hydrogen-bond donors (Lipinski definition) is 0. The number of thiazole rings is 1. The summed E-state index contributed by atoms with van der Waals surface area (Å²) in [5, 5.41) is 2.24. The third-order valence-corrected chi connectivity index (χ3v) is 3.99. The van der Waals surface area contributed by atoms with Crippen LogP contribution < -0.4 is 4.74 Å². The second-order valence-corrected chi connectivity index (χ2v) is 5.17. The molecule has 0 saturated heterocycles. The van der Waals surface area contributed by atoms with Gasteiger partial charge in [-0.2, -0.15) is 0 Å². The van der Waals surface area contributed by atoms with Gasteiger partial charge in [0.25, 0.3) is 0 Å². The van der Waals surface area contributed by atoms with Gasteiger partial charge in [-0.05, 0) is 28.1 Å². The number of nitrogens with zero attached hydrogens (tertiary/aromatic N) is 1. The number of benzene rings is 1. The molecule has 1 heterocycles. The lowest BCUT2D eigenvalue weighted by molar-refractivity contribution is 0.0596. The minimum atomic E-state index is -0.650. The molecule has 0 bridgehead atoms. The number of rotatable bonds is 3. The lowest BCUT2D eigenvalue weighted by Gasteiger charge is -2.09. The Morgan fingerprint density at radius 3 is 2.68 bits per heavy atom. The number of methoxy groups -OCH3 is 2. The maximum Gasteiger partial charge on any atom is 0.341 e. The molecule has 19 heavy (non-hydrogen) atoms. The van der Waals surface area contributed by atoms with Crippen LogP contribution in [-0.2, 0) is 4.74 Å². The smallest absolute Gasteiger partial charge is 0.341 e. The first-order valence-corrected chi connectivity index (χ1v) is 6.81. The van der Waals surface area contributed by atoms with Crippen LogP contribution in [0.4, 0.5) is 4.39 Å². The van der Waals surface area contributed by atoms with Crippen molar-refractivity contribution in [2.24, 2.45) is 0 Å². The van der Waals surface area contributed by atoms with Crippen molar-refractivity contribution in [3.63, 3.8) is 0 Å². The Morgan fingerprint density at radius 2 is 2.16 bits per heavy atom. The predicted molar refractivity (Wildman–Crippen MR) is 73.1 cm³/mol. The number of esters is 1. The van der Waals surface area contributed by atoms with Gasteiger partial charge in [0.05, 0.1) is 14.2 Å². The molecule has 0 amide bonds. The highest BCUT2D eigenvalue weighted by Crippen LogP contribution is 2.33. The van der Waals surface area contributed by atoms with Gasteiger partial charge in [-0.25, -0.2) is 14.2 Å². The molecule has 2 aromatic rings. The summed E-state index contributed by atoms with van der Waals surface area (Å²) in [6, 6.07) is 2.53. The Labute approximate surface area is 121 Å². The van der Waals surface area contributed by atoms with Crippen molar-refractivity contribution >= 4 is 33.2 Å². The summed E-state index contributed by atoms with van der Waals surface area (Å²) in [5.74, 6) is -0.958. The molecule has 0 atom stereocenters. The molecule has 7 heteroatoms. The molecule has 0 unspecified atom stereocenters. The molecule has 4 nitrogen and oxygen atoms in total. The van der Waals surface area contributed by atoms with E-state index in [1.807, 2.05) is 0 Å².